The minimum Gasteiger partial charge on any atom is -0.321 e. The molecule has 7 nitrogen and oxygen atoms in total. The van der Waals surface area contributed by atoms with E-state index in [9.17, 15) is 14.4 Å². The van der Waals surface area contributed by atoms with Gasteiger partial charge >= 0.3 is 0 Å². The Balaban J connectivity index is 1.18. The third-order valence-corrected chi connectivity index (χ3v) is 10.5. The van der Waals surface area contributed by atoms with Gasteiger partial charge in [0.05, 0.1) is 5.69 Å². The molecular formula is C39H27BrCl2N4O3S2. The Labute approximate surface area is 321 Å². The van der Waals surface area contributed by atoms with E-state index in [2.05, 4.69) is 36.9 Å². The van der Waals surface area contributed by atoms with Gasteiger partial charge in [0.2, 0.25) is 5.91 Å². The monoisotopic (exact) mass is 812 g/mol. The van der Waals surface area contributed by atoms with Crippen LogP contribution in [-0.4, -0.2) is 22.7 Å². The Morgan fingerprint density at radius 1 is 0.804 bits per heavy atom. The second-order valence-corrected chi connectivity index (χ2v) is 14.8. The van der Waals surface area contributed by atoms with Crippen LogP contribution in [0, 0.1) is 0 Å². The van der Waals surface area contributed by atoms with E-state index >= 15 is 0 Å². The highest BCUT2D eigenvalue weighted by Crippen LogP contribution is 2.37. The molecule has 51 heavy (non-hydrogen) atoms. The zero-order valence-corrected chi connectivity index (χ0v) is 31.2. The van der Waals surface area contributed by atoms with Crippen molar-refractivity contribution in [3.05, 3.63) is 170 Å². The number of halogens is 3. The van der Waals surface area contributed by atoms with Crippen molar-refractivity contribution in [3.8, 4) is 11.3 Å². The smallest absolute Gasteiger partial charge is 0.272 e. The first-order valence-electron chi connectivity index (χ1n) is 15.4. The second kappa shape index (κ2) is 17.0. The summed E-state index contributed by atoms with van der Waals surface area (Å²) in [5.74, 6) is -1.23. The molecule has 1 heterocycles. The first kappa shape index (κ1) is 36.1. The molecule has 0 aliphatic rings. The largest absolute Gasteiger partial charge is 0.321 e. The zero-order valence-electron chi connectivity index (χ0n) is 26.5. The van der Waals surface area contributed by atoms with Crippen LogP contribution in [0.1, 0.15) is 26.7 Å². The molecule has 0 radical (unpaired) electrons. The van der Waals surface area contributed by atoms with E-state index in [-0.39, 0.29) is 11.6 Å². The Bertz CT molecular complexity index is 2200. The summed E-state index contributed by atoms with van der Waals surface area (Å²) in [7, 11) is 0. The normalized spacial score (nSPS) is 11.8. The summed E-state index contributed by atoms with van der Waals surface area (Å²) in [6.45, 7) is 0. The maximum absolute atomic E-state index is 13.7. The number of anilines is 2. The molecule has 0 bridgehead atoms. The number of thioether (sulfide) groups is 1. The number of carbonyl (C=O) groups excluding carboxylic acids is 3. The topological polar surface area (TPSA) is 100 Å². The van der Waals surface area contributed by atoms with E-state index in [4.69, 9.17) is 23.2 Å². The SMILES string of the molecule is O=C(Nc1ccc(SC(C(=O)Nc2nc(-c3ccc(Br)cc3)cs2)c2ccccc2)cc1)/C(=C/c1ccc(Cl)cc1Cl)NC(=O)c1ccccc1. The average molecular weight is 815 g/mol. The lowest BCUT2D eigenvalue weighted by Crippen LogP contribution is -2.30. The highest BCUT2D eigenvalue weighted by Gasteiger charge is 2.24. The fourth-order valence-electron chi connectivity index (χ4n) is 4.82. The minimum atomic E-state index is -0.585. The van der Waals surface area contributed by atoms with Crippen molar-refractivity contribution in [2.75, 3.05) is 10.6 Å². The number of hydrogen-bond donors (Lipinski definition) is 3. The van der Waals surface area contributed by atoms with Gasteiger partial charge in [-0.2, -0.15) is 0 Å². The van der Waals surface area contributed by atoms with Crippen molar-refractivity contribution in [3.63, 3.8) is 0 Å². The summed E-state index contributed by atoms with van der Waals surface area (Å²) in [6.07, 6.45) is 1.49. The molecule has 1 unspecified atom stereocenters. The van der Waals surface area contributed by atoms with E-state index in [0.29, 0.717) is 32.0 Å². The quantitative estimate of drug-likeness (QED) is 0.0893. The fraction of sp³-hybridized carbons (Fsp3) is 0.0256. The van der Waals surface area contributed by atoms with Crippen LogP contribution in [0.3, 0.4) is 0 Å². The first-order valence-corrected chi connectivity index (χ1v) is 18.7. The molecule has 0 aliphatic heterocycles. The van der Waals surface area contributed by atoms with E-state index < -0.39 is 17.1 Å². The Morgan fingerprint density at radius 3 is 2.18 bits per heavy atom. The van der Waals surface area contributed by atoms with Gasteiger partial charge in [-0.25, -0.2) is 4.98 Å². The molecule has 0 aliphatic carbocycles. The summed E-state index contributed by atoms with van der Waals surface area (Å²) in [4.78, 5) is 45.7. The number of thiazole rings is 1. The zero-order chi connectivity index (χ0) is 35.7. The summed E-state index contributed by atoms with van der Waals surface area (Å²) in [6, 6.07) is 37.9. The molecule has 1 atom stereocenters. The van der Waals surface area contributed by atoms with Crippen LogP contribution in [0.25, 0.3) is 17.3 Å². The summed E-state index contributed by atoms with van der Waals surface area (Å²) in [5.41, 5.74) is 3.90. The minimum absolute atomic E-state index is 0.0159. The van der Waals surface area contributed by atoms with Crippen LogP contribution < -0.4 is 16.0 Å². The third kappa shape index (κ3) is 9.75. The number of rotatable bonds is 11. The van der Waals surface area contributed by atoms with Gasteiger partial charge in [0, 0.05) is 41.6 Å². The summed E-state index contributed by atoms with van der Waals surface area (Å²) in [5, 5.41) is 11.1. The van der Waals surface area contributed by atoms with Gasteiger partial charge in [-0.15, -0.1) is 23.1 Å². The predicted molar refractivity (Wildman–Crippen MR) is 212 cm³/mol. The lowest BCUT2D eigenvalue weighted by atomic mass is 10.1. The fourth-order valence-corrected chi connectivity index (χ4v) is 7.30. The van der Waals surface area contributed by atoms with Gasteiger partial charge in [-0.1, -0.05) is 106 Å². The molecular weight excluding hydrogens is 787 g/mol. The Morgan fingerprint density at radius 2 is 1.49 bits per heavy atom. The second-order valence-electron chi connectivity index (χ2n) is 11.0. The maximum Gasteiger partial charge on any atom is 0.272 e. The van der Waals surface area contributed by atoms with Crippen molar-refractivity contribution >= 4 is 96.8 Å². The highest BCUT2D eigenvalue weighted by atomic mass is 79.9. The van der Waals surface area contributed by atoms with Gasteiger partial charge in [0.1, 0.15) is 10.9 Å². The molecule has 6 rings (SSSR count). The average Bonchev–Trinajstić information content (AvgIpc) is 3.61. The number of carbonyl (C=O) groups is 3. The Kier molecular flexibility index (Phi) is 12.0. The van der Waals surface area contributed by atoms with Gasteiger partial charge in [-0.3, -0.25) is 14.4 Å². The first-order chi connectivity index (χ1) is 24.7. The number of nitrogens with one attached hydrogen (secondary N) is 3. The van der Waals surface area contributed by atoms with Crippen molar-refractivity contribution in [1.82, 2.24) is 10.3 Å². The van der Waals surface area contributed by atoms with Crippen molar-refractivity contribution in [2.24, 2.45) is 0 Å². The number of benzene rings is 5. The number of nitrogens with zero attached hydrogens (tertiary/aromatic N) is 1. The van der Waals surface area contributed by atoms with Gasteiger partial charge in [0.25, 0.3) is 11.8 Å². The standard InChI is InChI=1S/C39H27BrCl2N4O3S2/c40-28-14-11-24(12-15-28)34-23-50-39(45-34)46-38(49)35(25-7-3-1-4-8-25)51-31-19-17-30(18-20-31)43-37(48)33(21-27-13-16-29(41)22-32(27)42)44-36(47)26-9-5-2-6-10-26/h1-23,35H,(H,43,48)(H,44,47)(H,45,46,49)/b33-21-. The summed E-state index contributed by atoms with van der Waals surface area (Å²) < 4.78 is 0.974. The van der Waals surface area contributed by atoms with Gasteiger partial charge in [-0.05, 0) is 77.9 Å². The van der Waals surface area contributed by atoms with Crippen LogP contribution in [0.15, 0.2) is 148 Å². The van der Waals surface area contributed by atoms with Crippen molar-refractivity contribution < 1.29 is 14.4 Å². The molecule has 12 heteroatoms. The molecule has 3 amide bonds. The molecule has 5 aromatic carbocycles. The molecule has 254 valence electrons. The molecule has 0 saturated carbocycles. The molecule has 0 fully saturated rings. The van der Waals surface area contributed by atoms with Crippen molar-refractivity contribution in [1.29, 1.82) is 0 Å². The molecule has 1 aromatic heterocycles. The molecule has 0 spiro atoms. The maximum atomic E-state index is 13.7. The van der Waals surface area contributed by atoms with E-state index in [0.717, 1.165) is 26.2 Å². The third-order valence-electron chi connectivity index (χ3n) is 7.37. The number of aromatic nitrogens is 1. The van der Waals surface area contributed by atoms with E-state index in [1.807, 2.05) is 72.1 Å². The van der Waals surface area contributed by atoms with Crippen LogP contribution >= 0.6 is 62.2 Å². The molecule has 3 N–H and O–H groups in total. The van der Waals surface area contributed by atoms with Crippen LogP contribution in [-0.2, 0) is 9.59 Å². The van der Waals surface area contributed by atoms with Gasteiger partial charge in [0.15, 0.2) is 5.13 Å². The van der Waals surface area contributed by atoms with Crippen LogP contribution in [0.2, 0.25) is 10.0 Å². The van der Waals surface area contributed by atoms with Crippen LogP contribution in [0.5, 0.6) is 0 Å². The van der Waals surface area contributed by atoms with Crippen LogP contribution in [0.4, 0.5) is 10.8 Å². The van der Waals surface area contributed by atoms with Crippen molar-refractivity contribution in [2.45, 2.75) is 10.1 Å². The van der Waals surface area contributed by atoms with E-state index in [1.165, 1.54) is 29.2 Å². The Hall–Kier alpha value is -4.71. The van der Waals surface area contributed by atoms with E-state index in [1.54, 1.807) is 60.7 Å². The number of amides is 3. The van der Waals surface area contributed by atoms with Gasteiger partial charge < -0.3 is 16.0 Å². The highest BCUT2D eigenvalue weighted by molar-refractivity contribution is 9.10. The predicted octanol–water partition coefficient (Wildman–Crippen LogP) is 10.8. The lowest BCUT2D eigenvalue weighted by Gasteiger charge is -2.17. The molecule has 6 aromatic rings. The lowest BCUT2D eigenvalue weighted by molar-refractivity contribution is -0.116. The summed E-state index contributed by atoms with van der Waals surface area (Å²) >= 11 is 18.6. The number of hydrogen-bond acceptors (Lipinski definition) is 6. The molecule has 0 saturated heterocycles.